The number of carbonyl (C=O) groups is 2. The van der Waals surface area contributed by atoms with E-state index < -0.39 is 23.8 Å². The molecule has 10 nitrogen and oxygen atoms in total. The molecule has 2 N–H and O–H groups in total. The normalized spacial score (nSPS) is 17.5. The minimum absolute atomic E-state index is 0.00540. The lowest BCUT2D eigenvalue weighted by Gasteiger charge is -2.34. The summed E-state index contributed by atoms with van der Waals surface area (Å²) in [5, 5.41) is 5.26. The first-order valence-corrected chi connectivity index (χ1v) is 12.6. The Morgan fingerprint density at radius 1 is 1.15 bits per heavy atom. The first-order chi connectivity index (χ1) is 19.0. The number of carbonyl (C=O) groups excluding carboxylic acids is 2. The van der Waals surface area contributed by atoms with E-state index in [0.717, 1.165) is 18.5 Å². The zero-order valence-electron chi connectivity index (χ0n) is 21.4. The van der Waals surface area contributed by atoms with Crippen LogP contribution in [-0.2, 0) is 11.0 Å². The maximum atomic E-state index is 13.7. The van der Waals surface area contributed by atoms with Crippen LogP contribution < -0.4 is 25.0 Å². The third-order valence-electron chi connectivity index (χ3n) is 6.45. The van der Waals surface area contributed by atoms with Gasteiger partial charge in [-0.15, -0.1) is 0 Å². The van der Waals surface area contributed by atoms with Gasteiger partial charge in [0.15, 0.2) is 11.9 Å². The molecule has 1 aromatic heterocycles. The Bertz CT molecular complexity index is 1460. The molecule has 1 fully saturated rings. The average Bonchev–Trinajstić information content (AvgIpc) is 2.90. The van der Waals surface area contributed by atoms with Gasteiger partial charge in [0.2, 0.25) is 5.75 Å². The minimum atomic E-state index is -4.60. The van der Waals surface area contributed by atoms with Crippen molar-refractivity contribution in [3.8, 4) is 17.4 Å². The van der Waals surface area contributed by atoms with Crippen molar-refractivity contribution in [2.24, 2.45) is 0 Å². The molecule has 2 aromatic carbocycles. The van der Waals surface area contributed by atoms with E-state index in [9.17, 15) is 22.8 Å². The second kappa shape index (κ2) is 10.8. The van der Waals surface area contributed by atoms with Crippen molar-refractivity contribution in [3.05, 3.63) is 58.9 Å². The van der Waals surface area contributed by atoms with Crippen LogP contribution in [0.3, 0.4) is 0 Å². The SMILES string of the molecule is C[C@@H]1Oc2c(ncnc2Oc2cc(C(=O)Nc3cc(N4CCN(C)CC4)cc(C(F)(F)F)c3)ccc2Cl)NC1=O. The van der Waals surface area contributed by atoms with Crippen molar-refractivity contribution in [1.82, 2.24) is 14.9 Å². The highest BCUT2D eigenvalue weighted by Gasteiger charge is 2.32. The fourth-order valence-corrected chi connectivity index (χ4v) is 4.35. The number of aromatic nitrogens is 2. The molecule has 1 atom stereocenters. The molecule has 0 bridgehead atoms. The standard InChI is InChI=1S/C26H24ClF3N6O4/c1-14-23(37)34-22-21(39-14)25(32-13-31-22)40-20-9-15(3-4-19(20)27)24(38)33-17-10-16(26(28,29)30)11-18(12-17)36-7-5-35(2)6-8-36/h3-4,9-14H,5-8H2,1-2H3,(H,33,38)(H,31,32,34,37)/t14-/m0/s1. The van der Waals surface area contributed by atoms with Gasteiger partial charge < -0.3 is 29.9 Å². The topological polar surface area (TPSA) is 109 Å². The second-order valence-corrected chi connectivity index (χ2v) is 9.77. The molecule has 2 aliphatic rings. The predicted molar refractivity (Wildman–Crippen MR) is 141 cm³/mol. The van der Waals surface area contributed by atoms with Crippen molar-refractivity contribution in [2.75, 3.05) is 48.8 Å². The first kappa shape index (κ1) is 27.5. The van der Waals surface area contributed by atoms with Gasteiger partial charge in [-0.1, -0.05) is 11.6 Å². The zero-order valence-corrected chi connectivity index (χ0v) is 22.1. The number of nitrogens with one attached hydrogen (secondary N) is 2. The van der Waals surface area contributed by atoms with Crippen molar-refractivity contribution >= 4 is 40.6 Å². The molecule has 0 saturated carbocycles. The van der Waals surface area contributed by atoms with Gasteiger partial charge in [0.25, 0.3) is 17.7 Å². The van der Waals surface area contributed by atoms with Crippen LogP contribution in [0.5, 0.6) is 17.4 Å². The molecule has 0 unspecified atom stereocenters. The van der Waals surface area contributed by atoms with E-state index in [2.05, 4.69) is 25.5 Å². The number of rotatable bonds is 5. The van der Waals surface area contributed by atoms with Crippen LogP contribution in [0.1, 0.15) is 22.8 Å². The van der Waals surface area contributed by atoms with Gasteiger partial charge in [0, 0.05) is 43.1 Å². The summed E-state index contributed by atoms with van der Waals surface area (Å²) in [6.45, 7) is 4.06. The fraction of sp³-hybridized carbons (Fsp3) is 0.308. The monoisotopic (exact) mass is 576 g/mol. The van der Waals surface area contributed by atoms with E-state index in [1.807, 2.05) is 11.9 Å². The average molecular weight is 577 g/mol. The molecule has 3 aromatic rings. The molecule has 3 heterocycles. The highest BCUT2D eigenvalue weighted by molar-refractivity contribution is 6.32. The Balaban J connectivity index is 1.40. The molecular weight excluding hydrogens is 553 g/mol. The van der Waals surface area contributed by atoms with Crippen molar-refractivity contribution in [2.45, 2.75) is 19.2 Å². The number of benzene rings is 2. The van der Waals surface area contributed by atoms with Crippen LogP contribution in [-0.4, -0.2) is 66.0 Å². The smallest absolute Gasteiger partial charge is 0.416 e. The highest BCUT2D eigenvalue weighted by Crippen LogP contribution is 2.40. The summed E-state index contributed by atoms with van der Waals surface area (Å²) in [5.41, 5.74) is -0.430. The van der Waals surface area contributed by atoms with Gasteiger partial charge >= 0.3 is 6.18 Å². The van der Waals surface area contributed by atoms with Crippen molar-refractivity contribution in [1.29, 1.82) is 0 Å². The van der Waals surface area contributed by atoms with Crippen LogP contribution in [0.4, 0.5) is 30.4 Å². The summed E-state index contributed by atoms with van der Waals surface area (Å²) >= 11 is 6.29. The Hall–Kier alpha value is -4.10. The maximum absolute atomic E-state index is 13.7. The van der Waals surface area contributed by atoms with Crippen LogP contribution in [0, 0.1) is 0 Å². The number of halogens is 4. The summed E-state index contributed by atoms with van der Waals surface area (Å²) in [5.74, 6) is -0.887. The summed E-state index contributed by atoms with van der Waals surface area (Å²) in [7, 11) is 1.95. The highest BCUT2D eigenvalue weighted by atomic mass is 35.5. The lowest BCUT2D eigenvalue weighted by molar-refractivity contribution is -0.137. The second-order valence-electron chi connectivity index (χ2n) is 9.36. The van der Waals surface area contributed by atoms with E-state index in [-0.39, 0.29) is 45.4 Å². The lowest BCUT2D eigenvalue weighted by Crippen LogP contribution is -2.44. The van der Waals surface area contributed by atoms with Crippen LogP contribution in [0.25, 0.3) is 0 Å². The first-order valence-electron chi connectivity index (χ1n) is 12.2. The van der Waals surface area contributed by atoms with E-state index in [4.69, 9.17) is 21.1 Å². The molecule has 2 amide bonds. The number of hydrogen-bond acceptors (Lipinski definition) is 8. The fourth-order valence-electron chi connectivity index (χ4n) is 4.20. The van der Waals surface area contributed by atoms with E-state index in [1.165, 1.54) is 31.2 Å². The molecule has 0 spiro atoms. The summed E-state index contributed by atoms with van der Waals surface area (Å²) < 4.78 is 52.5. The predicted octanol–water partition coefficient (Wildman–Crippen LogP) is 4.66. The molecule has 1 saturated heterocycles. The largest absolute Gasteiger partial charge is 0.472 e. The summed E-state index contributed by atoms with van der Waals surface area (Å²) in [6, 6.07) is 7.64. The van der Waals surface area contributed by atoms with Gasteiger partial charge in [0.1, 0.15) is 12.1 Å². The molecule has 2 aliphatic heterocycles. The maximum Gasteiger partial charge on any atom is 0.416 e. The Labute approximate surface area is 232 Å². The number of fused-ring (bicyclic) bond motifs is 1. The number of piperazine rings is 1. The molecule has 40 heavy (non-hydrogen) atoms. The third kappa shape index (κ3) is 5.89. The van der Waals surface area contributed by atoms with Gasteiger partial charge in [-0.3, -0.25) is 9.59 Å². The van der Waals surface area contributed by atoms with Crippen molar-refractivity contribution < 1.29 is 32.2 Å². The van der Waals surface area contributed by atoms with Crippen molar-refractivity contribution in [3.63, 3.8) is 0 Å². The number of amides is 2. The van der Waals surface area contributed by atoms with Crippen LogP contribution in [0.2, 0.25) is 5.02 Å². The van der Waals surface area contributed by atoms with Gasteiger partial charge in [-0.2, -0.15) is 18.2 Å². The number of hydrogen-bond donors (Lipinski definition) is 2. The molecule has 210 valence electrons. The Morgan fingerprint density at radius 3 is 2.62 bits per heavy atom. The third-order valence-corrected chi connectivity index (χ3v) is 6.76. The number of alkyl halides is 3. The number of anilines is 3. The molecule has 0 radical (unpaired) electrons. The van der Waals surface area contributed by atoms with Crippen LogP contribution in [0.15, 0.2) is 42.7 Å². The van der Waals surface area contributed by atoms with Gasteiger partial charge in [0.05, 0.1) is 10.6 Å². The lowest BCUT2D eigenvalue weighted by atomic mass is 10.1. The number of nitrogens with zero attached hydrogens (tertiary/aromatic N) is 4. The minimum Gasteiger partial charge on any atom is -0.472 e. The molecular formula is C26H24ClF3N6O4. The molecule has 5 rings (SSSR count). The Kier molecular flexibility index (Phi) is 7.43. The summed E-state index contributed by atoms with van der Waals surface area (Å²) in [4.78, 5) is 36.9. The van der Waals surface area contributed by atoms with Gasteiger partial charge in [-0.05, 0) is 50.4 Å². The van der Waals surface area contributed by atoms with Crippen LogP contribution >= 0.6 is 11.6 Å². The number of ether oxygens (including phenoxy) is 2. The van der Waals surface area contributed by atoms with E-state index in [1.54, 1.807) is 0 Å². The zero-order chi connectivity index (χ0) is 28.6. The Morgan fingerprint density at radius 2 is 1.90 bits per heavy atom. The summed E-state index contributed by atoms with van der Waals surface area (Å²) in [6.07, 6.45) is -4.26. The van der Waals surface area contributed by atoms with E-state index in [0.29, 0.717) is 31.9 Å². The number of likely N-dealkylation sites (N-methyl/N-ethyl adjacent to an activating group) is 1. The van der Waals surface area contributed by atoms with E-state index >= 15 is 0 Å². The quantitative estimate of drug-likeness (QED) is 0.451. The molecule has 0 aliphatic carbocycles. The molecule has 14 heteroatoms. The van der Waals surface area contributed by atoms with Gasteiger partial charge in [-0.25, -0.2) is 4.98 Å².